The maximum Gasteiger partial charge on any atom is 0.312 e. The Morgan fingerprint density at radius 1 is 1.43 bits per heavy atom. The molecule has 1 aliphatic rings. The van der Waals surface area contributed by atoms with E-state index in [2.05, 4.69) is 42.2 Å². The van der Waals surface area contributed by atoms with Crippen molar-refractivity contribution in [1.82, 2.24) is 4.98 Å². The number of hydrogen-bond acceptors (Lipinski definition) is 4. The molecule has 4 nitrogen and oxygen atoms in total. The minimum atomic E-state index is -0.781. The highest BCUT2D eigenvalue weighted by Gasteiger charge is 2.30. The van der Waals surface area contributed by atoms with E-state index < -0.39 is 11.9 Å². The molecule has 110 valence electrons. The van der Waals surface area contributed by atoms with Crippen LogP contribution in [0.15, 0.2) is 27.1 Å². The zero-order chi connectivity index (χ0) is 15.0. The number of carbonyl (C=O) groups is 1. The molecule has 0 saturated heterocycles. The van der Waals surface area contributed by atoms with Crippen molar-refractivity contribution in [3.8, 4) is 0 Å². The Morgan fingerprint density at radius 2 is 2.24 bits per heavy atom. The van der Waals surface area contributed by atoms with Crippen molar-refractivity contribution in [2.75, 3.05) is 5.32 Å². The van der Waals surface area contributed by atoms with E-state index in [1.54, 1.807) is 11.3 Å². The second kappa shape index (κ2) is 6.06. The number of thiazole rings is 1. The number of fused-ring (bicyclic) bond motifs is 1. The van der Waals surface area contributed by atoms with Crippen molar-refractivity contribution < 1.29 is 9.90 Å². The Morgan fingerprint density at radius 3 is 3.00 bits per heavy atom. The van der Waals surface area contributed by atoms with Crippen molar-refractivity contribution in [3.05, 3.63) is 37.7 Å². The number of nitrogens with zero attached hydrogens (tertiary/aromatic N) is 1. The fraction of sp³-hybridized carbons (Fsp3) is 0.286. The average Bonchev–Trinajstić information content (AvgIpc) is 2.84. The molecule has 0 bridgehead atoms. The van der Waals surface area contributed by atoms with Crippen LogP contribution in [-0.4, -0.2) is 16.1 Å². The fourth-order valence-electron chi connectivity index (χ4n) is 2.42. The molecule has 0 amide bonds. The van der Waals surface area contributed by atoms with E-state index >= 15 is 0 Å². The highest BCUT2D eigenvalue weighted by molar-refractivity contribution is 9.11. The molecule has 0 saturated carbocycles. The lowest BCUT2D eigenvalue weighted by molar-refractivity contribution is -0.139. The molecule has 0 aliphatic heterocycles. The van der Waals surface area contributed by atoms with Gasteiger partial charge < -0.3 is 10.4 Å². The zero-order valence-corrected chi connectivity index (χ0v) is 14.9. The van der Waals surface area contributed by atoms with E-state index in [1.165, 1.54) is 0 Å². The van der Waals surface area contributed by atoms with Crippen LogP contribution in [0.3, 0.4) is 0 Å². The SMILES string of the molecule is O=C(O)C1CCCc2sc(Nc3cc(Br)ccc3Br)nc21. The quantitative estimate of drug-likeness (QED) is 0.724. The third kappa shape index (κ3) is 3.14. The summed E-state index contributed by atoms with van der Waals surface area (Å²) in [6.07, 6.45) is 2.50. The van der Waals surface area contributed by atoms with Crippen LogP contribution in [-0.2, 0) is 11.2 Å². The van der Waals surface area contributed by atoms with Crippen LogP contribution >= 0.6 is 43.2 Å². The lowest BCUT2D eigenvalue weighted by Crippen LogP contribution is -2.17. The monoisotopic (exact) mass is 430 g/mol. The Labute approximate surface area is 142 Å². The maximum atomic E-state index is 11.3. The zero-order valence-electron chi connectivity index (χ0n) is 10.9. The van der Waals surface area contributed by atoms with Crippen LogP contribution in [0.1, 0.15) is 29.3 Å². The van der Waals surface area contributed by atoms with Gasteiger partial charge in [0.25, 0.3) is 0 Å². The molecule has 1 aromatic heterocycles. The highest BCUT2D eigenvalue weighted by Crippen LogP contribution is 2.38. The van der Waals surface area contributed by atoms with E-state index in [-0.39, 0.29) is 0 Å². The lowest BCUT2D eigenvalue weighted by Gasteiger charge is -2.16. The second-order valence-corrected chi connectivity index (χ2v) is 7.71. The number of aliphatic carboxylic acids is 1. The molecule has 1 heterocycles. The Bertz CT molecular complexity index is 702. The number of hydrogen-bond donors (Lipinski definition) is 2. The molecule has 1 aliphatic carbocycles. The van der Waals surface area contributed by atoms with Gasteiger partial charge in [0.1, 0.15) is 5.92 Å². The molecule has 2 N–H and O–H groups in total. The Balaban J connectivity index is 1.91. The molecule has 1 unspecified atom stereocenters. The van der Waals surface area contributed by atoms with Gasteiger partial charge in [-0.3, -0.25) is 4.79 Å². The van der Waals surface area contributed by atoms with E-state index in [0.29, 0.717) is 6.42 Å². The fourth-order valence-corrected chi connectivity index (χ4v) is 4.20. The largest absolute Gasteiger partial charge is 0.481 e. The van der Waals surface area contributed by atoms with E-state index in [9.17, 15) is 9.90 Å². The maximum absolute atomic E-state index is 11.3. The van der Waals surface area contributed by atoms with E-state index in [4.69, 9.17) is 0 Å². The predicted molar refractivity (Wildman–Crippen MR) is 90.6 cm³/mol. The molecule has 7 heteroatoms. The van der Waals surface area contributed by atoms with Gasteiger partial charge >= 0.3 is 5.97 Å². The normalized spacial score (nSPS) is 17.3. The molecular weight excluding hydrogens is 420 g/mol. The van der Waals surface area contributed by atoms with Gasteiger partial charge in [0, 0.05) is 13.8 Å². The molecule has 2 aromatic rings. The summed E-state index contributed by atoms with van der Waals surface area (Å²) in [6.45, 7) is 0. The van der Waals surface area contributed by atoms with Gasteiger partial charge in [-0.1, -0.05) is 15.9 Å². The molecule has 0 spiro atoms. The van der Waals surface area contributed by atoms with Gasteiger partial charge in [-0.15, -0.1) is 11.3 Å². The van der Waals surface area contributed by atoms with Crippen LogP contribution in [0.5, 0.6) is 0 Å². The summed E-state index contributed by atoms with van der Waals surface area (Å²) >= 11 is 8.48. The van der Waals surface area contributed by atoms with Gasteiger partial charge in [0.2, 0.25) is 0 Å². The summed E-state index contributed by atoms with van der Waals surface area (Å²) in [4.78, 5) is 16.9. The van der Waals surface area contributed by atoms with Crippen molar-refractivity contribution in [3.63, 3.8) is 0 Å². The number of carboxylic acids is 1. The van der Waals surface area contributed by atoms with Crippen molar-refractivity contribution in [2.45, 2.75) is 25.2 Å². The summed E-state index contributed by atoms with van der Waals surface area (Å²) in [5.74, 6) is -1.25. The topological polar surface area (TPSA) is 62.2 Å². The number of rotatable bonds is 3. The number of halogens is 2. The summed E-state index contributed by atoms with van der Waals surface area (Å²) in [7, 11) is 0. The summed E-state index contributed by atoms with van der Waals surface area (Å²) < 4.78 is 1.91. The van der Waals surface area contributed by atoms with Crippen LogP contribution in [0, 0.1) is 0 Å². The standard InChI is InChI=1S/C14H12Br2N2O2S/c15-7-4-5-9(16)10(6-7)17-14-18-12-8(13(19)20)2-1-3-11(12)21-14/h4-6,8H,1-3H2,(H,17,18)(H,19,20). The number of nitrogens with one attached hydrogen (secondary N) is 1. The van der Waals surface area contributed by atoms with Crippen LogP contribution in [0.4, 0.5) is 10.8 Å². The third-order valence-corrected chi connectivity index (χ3v) is 5.65. The first kappa shape index (κ1) is 15.0. The first-order valence-corrected chi connectivity index (χ1v) is 8.89. The molecule has 0 fully saturated rings. The van der Waals surface area contributed by atoms with Crippen molar-refractivity contribution >= 4 is 60.0 Å². The van der Waals surface area contributed by atoms with E-state index in [1.807, 2.05) is 18.2 Å². The van der Waals surface area contributed by atoms with Gasteiger partial charge in [-0.05, 0) is 53.4 Å². The predicted octanol–water partition coefficient (Wildman–Crippen LogP) is 4.92. The molecule has 21 heavy (non-hydrogen) atoms. The molecule has 0 radical (unpaired) electrons. The van der Waals surface area contributed by atoms with Crippen LogP contribution in [0.2, 0.25) is 0 Å². The molecule has 3 rings (SSSR count). The van der Waals surface area contributed by atoms with Crippen LogP contribution < -0.4 is 5.32 Å². The number of benzene rings is 1. The van der Waals surface area contributed by atoms with Crippen molar-refractivity contribution in [1.29, 1.82) is 0 Å². The second-order valence-electron chi connectivity index (χ2n) is 4.86. The van der Waals surface area contributed by atoms with E-state index in [0.717, 1.165) is 43.2 Å². The van der Waals surface area contributed by atoms with Gasteiger partial charge in [0.05, 0.1) is 11.4 Å². The number of aryl methyl sites for hydroxylation is 1. The van der Waals surface area contributed by atoms with Gasteiger partial charge in [0.15, 0.2) is 5.13 Å². The Hall–Kier alpha value is -0.920. The molecular formula is C14H12Br2N2O2S. The van der Waals surface area contributed by atoms with Crippen LogP contribution in [0.25, 0.3) is 0 Å². The van der Waals surface area contributed by atoms with Crippen molar-refractivity contribution in [2.24, 2.45) is 0 Å². The summed E-state index contributed by atoms with van der Waals surface area (Å²) in [6, 6.07) is 5.85. The summed E-state index contributed by atoms with van der Waals surface area (Å²) in [5.41, 5.74) is 1.63. The third-order valence-electron chi connectivity index (χ3n) is 3.42. The smallest absolute Gasteiger partial charge is 0.312 e. The summed E-state index contributed by atoms with van der Waals surface area (Å²) in [5, 5.41) is 13.3. The minimum absolute atomic E-state index is 0.466. The minimum Gasteiger partial charge on any atom is -0.481 e. The first-order valence-electron chi connectivity index (χ1n) is 6.49. The van der Waals surface area contributed by atoms with Gasteiger partial charge in [-0.2, -0.15) is 0 Å². The molecule has 1 atom stereocenters. The average molecular weight is 432 g/mol. The first-order chi connectivity index (χ1) is 10.0. The highest BCUT2D eigenvalue weighted by atomic mass is 79.9. The Kier molecular flexibility index (Phi) is 4.33. The lowest BCUT2D eigenvalue weighted by atomic mass is 9.91. The number of aromatic nitrogens is 1. The number of anilines is 2. The molecule has 1 aromatic carbocycles. The number of carboxylic acid groups (broad SMARTS) is 1. The van der Waals surface area contributed by atoms with Gasteiger partial charge in [-0.25, -0.2) is 4.98 Å².